The first-order valence-electron chi connectivity index (χ1n) is 26.1. The summed E-state index contributed by atoms with van der Waals surface area (Å²) in [7, 11) is 0. The second kappa shape index (κ2) is 21.5. The maximum atomic E-state index is 14.2. The van der Waals surface area contributed by atoms with Gasteiger partial charge in [-0.1, -0.05) is 81.4 Å². The number of phenols is 1. The molecular weight excluding hydrogens is 951 g/mol. The number of carbonyl (C=O) groups is 3. The van der Waals surface area contributed by atoms with E-state index in [2.05, 4.69) is 59.9 Å². The Labute approximate surface area is 436 Å². The number of nitrogens with zero attached hydrogens (tertiary/aromatic N) is 8. The molecule has 386 valence electrons. The van der Waals surface area contributed by atoms with E-state index in [9.17, 15) is 24.6 Å². The zero-order valence-electron chi connectivity index (χ0n) is 42.7. The standard InChI is InChI=1S/C57H67N11O5S/c1-34-51(74-33-62-34)40-19-15-38(16-20-40)27-59-54(72)48-25-44(69)32-67(48)55(73)52(57(2,3)4)63-50(71)24-37-11-9-35(10-12-37)23-36-13-17-39(18-14-36)41-28-60-56(61-29-41)68-42-21-22-43(68)31-66(30-42)47-26-46(64-65-53(47)58)45-7-5-6-8-49(45)70/h5-8,13-20,26,28-29,33,35,37,42-44,48,52,69-70H,9-12,21-25,27,30-32H2,1-4H3,(H2,58,65)(H,59,72)(H,63,71)/t35-,37+,42?,43?,44-,48+,52-/m1/s1. The van der Waals surface area contributed by atoms with Gasteiger partial charge in [0.05, 0.1) is 33.6 Å². The van der Waals surface area contributed by atoms with Gasteiger partial charge in [-0.15, -0.1) is 21.5 Å². The lowest BCUT2D eigenvalue weighted by atomic mass is 9.78. The van der Waals surface area contributed by atoms with Crippen LogP contribution in [0.1, 0.15) is 89.0 Å². The number of anilines is 3. The molecule has 3 amide bonds. The molecule has 6 N–H and O–H groups in total. The van der Waals surface area contributed by atoms with Gasteiger partial charge in [-0.2, -0.15) is 0 Å². The van der Waals surface area contributed by atoms with Crippen molar-refractivity contribution in [1.29, 1.82) is 0 Å². The molecule has 1 saturated carbocycles. The van der Waals surface area contributed by atoms with Crippen LogP contribution in [0.5, 0.6) is 5.75 Å². The number of fused-ring (bicyclic) bond motifs is 2. The van der Waals surface area contributed by atoms with E-state index in [0.717, 1.165) is 102 Å². The first-order valence-corrected chi connectivity index (χ1v) is 26.9. The number of rotatable bonds is 14. The lowest BCUT2D eigenvalue weighted by Crippen LogP contribution is -2.57. The van der Waals surface area contributed by atoms with Gasteiger partial charge in [0.1, 0.15) is 17.8 Å². The number of likely N-dealkylation sites (tertiary alicyclic amines) is 1. The summed E-state index contributed by atoms with van der Waals surface area (Å²) in [5.41, 5.74) is 15.9. The molecular formula is C57H67N11O5S. The average molecular weight is 1020 g/mol. The number of phenolic OH excluding ortho intramolecular Hbond substituents is 1. The molecule has 2 bridgehead atoms. The molecule has 10 rings (SSSR count). The molecule has 3 saturated heterocycles. The number of piperazine rings is 1. The van der Waals surface area contributed by atoms with Crippen molar-refractivity contribution in [3.05, 3.63) is 114 Å². The number of aliphatic hydroxyl groups excluding tert-OH is 1. The van der Waals surface area contributed by atoms with Crippen molar-refractivity contribution in [3.8, 4) is 38.6 Å². The molecule has 4 fully saturated rings. The number of nitrogens with one attached hydrogen (secondary N) is 2. The topological polar surface area (TPSA) is 216 Å². The maximum Gasteiger partial charge on any atom is 0.246 e. The van der Waals surface area contributed by atoms with Crippen LogP contribution in [-0.4, -0.2) is 108 Å². The zero-order valence-corrected chi connectivity index (χ0v) is 43.5. The molecule has 6 heterocycles. The van der Waals surface area contributed by atoms with Crippen LogP contribution in [0.15, 0.2) is 96.8 Å². The molecule has 0 spiro atoms. The highest BCUT2D eigenvalue weighted by Crippen LogP contribution is 2.39. The second-order valence-corrected chi connectivity index (χ2v) is 22.8. The third kappa shape index (κ3) is 11.1. The number of aryl methyl sites for hydroxylation is 1. The SMILES string of the molecule is Cc1ncsc1-c1ccc(CNC(=O)[C@@H]2C[C@@H](O)CN2C(=O)[C@@H](NC(=O)C[C@H]2CC[C@@H](Cc3ccc(-c4cnc(N5C6CCC5CN(c5cc(-c7ccccc7O)nnc5N)C6)nc4)cc3)CC2)C(C)(C)C)cc1. The van der Waals surface area contributed by atoms with Gasteiger partial charge in [0, 0.05) is 74.6 Å². The number of nitrogens with two attached hydrogens (primary N) is 1. The number of benzene rings is 3. The van der Waals surface area contributed by atoms with Crippen LogP contribution in [0.4, 0.5) is 17.5 Å². The molecule has 17 heteroatoms. The predicted octanol–water partition coefficient (Wildman–Crippen LogP) is 7.73. The van der Waals surface area contributed by atoms with E-state index in [1.54, 1.807) is 23.5 Å². The lowest BCUT2D eigenvalue weighted by molar-refractivity contribution is -0.144. The first kappa shape index (κ1) is 50.5. The van der Waals surface area contributed by atoms with Crippen molar-refractivity contribution in [3.63, 3.8) is 0 Å². The summed E-state index contributed by atoms with van der Waals surface area (Å²) in [4.78, 5) is 62.8. The number of amides is 3. The van der Waals surface area contributed by atoms with Gasteiger partial charge in [-0.25, -0.2) is 15.0 Å². The molecule has 16 nitrogen and oxygen atoms in total. The van der Waals surface area contributed by atoms with Gasteiger partial charge in [0.15, 0.2) is 5.82 Å². The molecule has 3 aromatic heterocycles. The van der Waals surface area contributed by atoms with Gasteiger partial charge in [-0.05, 0) is 110 Å². The fourth-order valence-electron chi connectivity index (χ4n) is 11.6. The number of β-amino-alcohol motifs (C(OH)–C–C–N with tert-alkyl or cyclic N) is 1. The molecule has 4 aliphatic rings. The summed E-state index contributed by atoms with van der Waals surface area (Å²) in [6.45, 7) is 9.55. The minimum atomic E-state index is -0.857. The molecule has 5 atom stereocenters. The summed E-state index contributed by atoms with van der Waals surface area (Å²) in [5, 5.41) is 35.7. The minimum Gasteiger partial charge on any atom is -0.507 e. The number of hydrogen-bond acceptors (Lipinski definition) is 14. The van der Waals surface area contributed by atoms with Gasteiger partial charge in [0.2, 0.25) is 23.7 Å². The highest BCUT2D eigenvalue weighted by molar-refractivity contribution is 7.13. The molecule has 3 aromatic carbocycles. The van der Waals surface area contributed by atoms with Crippen LogP contribution < -0.4 is 26.2 Å². The van der Waals surface area contributed by atoms with E-state index in [1.165, 1.54) is 10.5 Å². The van der Waals surface area contributed by atoms with Crippen LogP contribution >= 0.6 is 11.3 Å². The fourth-order valence-corrected chi connectivity index (χ4v) is 12.4. The Morgan fingerprint density at radius 1 is 0.811 bits per heavy atom. The minimum absolute atomic E-state index is 0.0343. The van der Waals surface area contributed by atoms with Crippen LogP contribution in [0.2, 0.25) is 0 Å². The van der Waals surface area contributed by atoms with Crippen molar-refractivity contribution in [1.82, 2.24) is 40.7 Å². The zero-order chi connectivity index (χ0) is 51.7. The van der Waals surface area contributed by atoms with Gasteiger partial charge in [0.25, 0.3) is 0 Å². The van der Waals surface area contributed by atoms with Crippen LogP contribution in [0.3, 0.4) is 0 Å². The molecule has 6 aromatic rings. The van der Waals surface area contributed by atoms with Crippen molar-refractivity contribution < 1.29 is 24.6 Å². The Hall–Kier alpha value is -6.98. The van der Waals surface area contributed by atoms with E-state index in [4.69, 9.17) is 15.7 Å². The summed E-state index contributed by atoms with van der Waals surface area (Å²) in [6.07, 6.45) is 10.4. The first-order chi connectivity index (χ1) is 35.6. The number of carbonyl (C=O) groups excluding carboxylic acids is 3. The van der Waals surface area contributed by atoms with E-state index in [-0.39, 0.29) is 61.0 Å². The van der Waals surface area contributed by atoms with Crippen molar-refractivity contribution in [2.24, 2.45) is 17.3 Å². The number of aromatic nitrogens is 5. The van der Waals surface area contributed by atoms with Crippen molar-refractivity contribution in [2.45, 2.75) is 122 Å². The highest BCUT2D eigenvalue weighted by atomic mass is 32.1. The number of para-hydroxylation sites is 1. The fraction of sp³-hybridized carbons (Fsp3) is 0.439. The molecule has 74 heavy (non-hydrogen) atoms. The van der Waals surface area contributed by atoms with Crippen LogP contribution in [0.25, 0.3) is 32.8 Å². The summed E-state index contributed by atoms with van der Waals surface area (Å²) in [5.74, 6) is 1.16. The smallest absolute Gasteiger partial charge is 0.246 e. The number of aromatic hydroxyl groups is 1. The largest absolute Gasteiger partial charge is 0.507 e. The second-order valence-electron chi connectivity index (χ2n) is 21.9. The summed E-state index contributed by atoms with van der Waals surface area (Å²) in [6, 6.07) is 24.5. The number of hydrogen-bond donors (Lipinski definition) is 5. The summed E-state index contributed by atoms with van der Waals surface area (Å²) >= 11 is 1.59. The molecule has 3 aliphatic heterocycles. The quantitative estimate of drug-likeness (QED) is 0.0707. The van der Waals surface area contributed by atoms with Crippen LogP contribution in [-0.2, 0) is 27.3 Å². The van der Waals surface area contributed by atoms with Crippen molar-refractivity contribution in [2.75, 3.05) is 35.2 Å². The Balaban J connectivity index is 0.682. The lowest BCUT2D eigenvalue weighted by Gasteiger charge is -2.42. The maximum absolute atomic E-state index is 14.2. The normalized spacial score (nSPS) is 22.1. The predicted molar refractivity (Wildman–Crippen MR) is 288 cm³/mol. The Kier molecular flexibility index (Phi) is 14.7. The highest BCUT2D eigenvalue weighted by Gasteiger charge is 2.45. The Morgan fingerprint density at radius 2 is 1.47 bits per heavy atom. The van der Waals surface area contributed by atoms with E-state index in [1.807, 2.05) is 88.1 Å². The Morgan fingerprint density at radius 3 is 2.14 bits per heavy atom. The van der Waals surface area contributed by atoms with E-state index in [0.29, 0.717) is 29.4 Å². The average Bonchev–Trinajstić information content (AvgIpc) is 4.09. The monoisotopic (exact) mass is 1020 g/mol. The van der Waals surface area contributed by atoms with E-state index >= 15 is 0 Å². The van der Waals surface area contributed by atoms with Gasteiger partial charge < -0.3 is 41.3 Å². The third-order valence-electron chi connectivity index (χ3n) is 15.6. The van der Waals surface area contributed by atoms with E-state index < -0.39 is 23.6 Å². The molecule has 1 aliphatic carbocycles. The van der Waals surface area contributed by atoms with Crippen LogP contribution in [0, 0.1) is 24.2 Å². The number of nitrogen functional groups attached to an aromatic ring is 1. The summed E-state index contributed by atoms with van der Waals surface area (Å²) < 4.78 is 0. The Bertz CT molecular complexity index is 2940. The molecule has 2 unspecified atom stereocenters. The van der Waals surface area contributed by atoms with Gasteiger partial charge in [-0.3, -0.25) is 14.4 Å². The van der Waals surface area contributed by atoms with Gasteiger partial charge >= 0.3 is 0 Å². The van der Waals surface area contributed by atoms with Crippen molar-refractivity contribution >= 4 is 46.5 Å². The molecule has 0 radical (unpaired) electrons. The number of aliphatic hydroxyl groups is 1. The number of thiazole rings is 1. The third-order valence-corrected chi connectivity index (χ3v) is 16.6.